The highest BCUT2D eigenvalue weighted by atomic mass is 19.1. The second kappa shape index (κ2) is 7.72. The van der Waals surface area contributed by atoms with Gasteiger partial charge < -0.3 is 15.3 Å². The summed E-state index contributed by atoms with van der Waals surface area (Å²) in [6.07, 6.45) is 1.79. The van der Waals surface area contributed by atoms with Crippen LogP contribution in [0.15, 0.2) is 23.4 Å². The smallest absolute Gasteiger partial charge is 0.414 e. The van der Waals surface area contributed by atoms with Crippen LogP contribution < -0.4 is 10.2 Å². The Balaban J connectivity index is 1.68. The topological polar surface area (TPSA) is 91.2 Å². The van der Waals surface area contributed by atoms with Crippen molar-refractivity contribution in [1.29, 1.82) is 0 Å². The van der Waals surface area contributed by atoms with Crippen LogP contribution in [-0.4, -0.2) is 42.1 Å². The molecular formula is C18H22FN3O4. The van der Waals surface area contributed by atoms with Gasteiger partial charge in [-0.1, -0.05) is 11.2 Å². The van der Waals surface area contributed by atoms with Crippen LogP contribution in [0, 0.1) is 5.82 Å². The minimum absolute atomic E-state index is 0.0765. The number of cyclic esters (lactones) is 1. The van der Waals surface area contributed by atoms with Crippen molar-refractivity contribution in [2.45, 2.75) is 44.6 Å². The van der Waals surface area contributed by atoms with Crippen molar-refractivity contribution >= 4 is 23.4 Å². The first-order valence-corrected chi connectivity index (χ1v) is 8.69. The quantitative estimate of drug-likeness (QED) is 0.636. The molecule has 2 amide bonds. The van der Waals surface area contributed by atoms with Crippen LogP contribution in [0.3, 0.4) is 0 Å². The van der Waals surface area contributed by atoms with Crippen LogP contribution in [0.4, 0.5) is 14.9 Å². The third-order valence-electron chi connectivity index (χ3n) is 4.89. The molecular weight excluding hydrogens is 341 g/mol. The zero-order chi connectivity index (χ0) is 18.7. The molecule has 1 atom stereocenters. The second-order valence-electron chi connectivity index (χ2n) is 6.70. The Hall–Kier alpha value is -2.64. The molecule has 1 aliphatic heterocycles. The number of carbonyl (C=O) groups excluding carboxylic acids is 2. The highest BCUT2D eigenvalue weighted by Gasteiger charge is 2.33. The molecule has 8 heteroatoms. The molecule has 2 N–H and O–H groups in total. The number of oxime groups is 1. The maximum Gasteiger partial charge on any atom is 0.414 e. The minimum Gasteiger partial charge on any atom is -0.442 e. The lowest BCUT2D eigenvalue weighted by Crippen LogP contribution is -2.33. The van der Waals surface area contributed by atoms with Crippen molar-refractivity contribution in [1.82, 2.24) is 5.32 Å². The van der Waals surface area contributed by atoms with Crippen LogP contribution in [0.2, 0.25) is 0 Å². The summed E-state index contributed by atoms with van der Waals surface area (Å²) in [4.78, 5) is 24.4. The summed E-state index contributed by atoms with van der Waals surface area (Å²) in [5, 5.41) is 14.7. The van der Waals surface area contributed by atoms with Gasteiger partial charge in [-0.3, -0.25) is 9.69 Å². The summed E-state index contributed by atoms with van der Waals surface area (Å²) >= 11 is 0. The fourth-order valence-corrected chi connectivity index (χ4v) is 3.47. The molecule has 1 aromatic carbocycles. The lowest BCUT2D eigenvalue weighted by molar-refractivity contribution is -0.119. The van der Waals surface area contributed by atoms with E-state index in [9.17, 15) is 14.0 Å². The van der Waals surface area contributed by atoms with E-state index in [0.717, 1.165) is 18.6 Å². The van der Waals surface area contributed by atoms with E-state index in [1.165, 1.54) is 17.9 Å². The summed E-state index contributed by atoms with van der Waals surface area (Å²) in [5.74, 6) is -0.473. The van der Waals surface area contributed by atoms with Crippen LogP contribution in [0.1, 0.15) is 44.1 Å². The lowest BCUT2D eigenvalue weighted by Gasteiger charge is -2.24. The van der Waals surface area contributed by atoms with E-state index in [1.54, 1.807) is 12.1 Å². The molecule has 7 nitrogen and oxygen atoms in total. The molecule has 0 aromatic heterocycles. The normalized spacial score (nSPS) is 22.9. The van der Waals surface area contributed by atoms with Crippen LogP contribution >= 0.6 is 0 Å². The average Bonchev–Trinajstić information content (AvgIpc) is 3.01. The first kappa shape index (κ1) is 18.2. The van der Waals surface area contributed by atoms with E-state index in [-0.39, 0.29) is 30.7 Å². The van der Waals surface area contributed by atoms with Crippen molar-refractivity contribution in [3.63, 3.8) is 0 Å². The van der Waals surface area contributed by atoms with Crippen molar-refractivity contribution in [2.24, 2.45) is 5.16 Å². The summed E-state index contributed by atoms with van der Waals surface area (Å²) in [7, 11) is 0. The molecule has 3 rings (SSSR count). The van der Waals surface area contributed by atoms with E-state index in [1.807, 2.05) is 0 Å². The Morgan fingerprint density at radius 2 is 2.15 bits per heavy atom. The molecule has 2 fully saturated rings. The number of nitrogens with zero attached hydrogens (tertiary/aromatic N) is 2. The monoisotopic (exact) mass is 363 g/mol. The minimum atomic E-state index is -0.547. The van der Waals surface area contributed by atoms with Gasteiger partial charge in [0.15, 0.2) is 0 Å². The molecule has 1 saturated heterocycles. The van der Waals surface area contributed by atoms with Gasteiger partial charge in [0, 0.05) is 6.92 Å². The molecule has 26 heavy (non-hydrogen) atoms. The molecule has 140 valence electrons. The Morgan fingerprint density at radius 1 is 1.42 bits per heavy atom. The SMILES string of the molecule is CC(=O)NC[C@H]1CN(c2ccc(C3CCC(=NO)CC3)c(F)c2)C(=O)O1. The first-order valence-electron chi connectivity index (χ1n) is 8.69. The molecule has 1 aliphatic carbocycles. The van der Waals surface area contributed by atoms with Crippen LogP contribution in [-0.2, 0) is 9.53 Å². The molecule has 0 bridgehead atoms. The van der Waals surface area contributed by atoms with E-state index < -0.39 is 12.2 Å². The summed E-state index contributed by atoms with van der Waals surface area (Å²) in [6.45, 7) is 1.88. The van der Waals surface area contributed by atoms with Crippen molar-refractivity contribution in [3.05, 3.63) is 29.6 Å². The van der Waals surface area contributed by atoms with Gasteiger partial charge in [0.2, 0.25) is 5.91 Å². The van der Waals surface area contributed by atoms with Gasteiger partial charge in [0.05, 0.1) is 24.5 Å². The van der Waals surface area contributed by atoms with Crippen molar-refractivity contribution in [3.8, 4) is 0 Å². The number of anilines is 1. The van der Waals surface area contributed by atoms with Gasteiger partial charge in [-0.25, -0.2) is 9.18 Å². The number of amides is 2. The molecule has 1 saturated carbocycles. The summed E-state index contributed by atoms with van der Waals surface area (Å²) in [6, 6.07) is 4.79. The van der Waals surface area contributed by atoms with Gasteiger partial charge in [0.1, 0.15) is 11.9 Å². The molecule has 2 aliphatic rings. The zero-order valence-corrected chi connectivity index (χ0v) is 14.6. The predicted molar refractivity (Wildman–Crippen MR) is 93.1 cm³/mol. The Bertz CT molecular complexity index is 727. The summed E-state index contributed by atoms with van der Waals surface area (Å²) in [5.41, 5.74) is 1.81. The number of carbonyl (C=O) groups is 2. The Kier molecular flexibility index (Phi) is 5.39. The number of hydrogen-bond acceptors (Lipinski definition) is 5. The number of ether oxygens (including phenoxy) is 1. The lowest BCUT2D eigenvalue weighted by atomic mass is 9.83. The first-order chi connectivity index (χ1) is 12.5. The molecule has 1 aromatic rings. The second-order valence-corrected chi connectivity index (χ2v) is 6.70. The zero-order valence-electron chi connectivity index (χ0n) is 14.6. The van der Waals surface area contributed by atoms with E-state index in [0.29, 0.717) is 24.1 Å². The predicted octanol–water partition coefficient (Wildman–Crippen LogP) is 2.77. The van der Waals surface area contributed by atoms with Crippen molar-refractivity contribution in [2.75, 3.05) is 18.0 Å². The standard InChI is InChI=1S/C18H22FN3O4/c1-11(23)20-9-15-10-22(18(24)26-15)14-6-7-16(17(19)8-14)12-2-4-13(21-25)5-3-12/h6-8,12,15,25H,2-5,9-10H2,1H3,(H,20,23)/t12?,15-/m0/s1. The summed E-state index contributed by atoms with van der Waals surface area (Å²) < 4.78 is 19.8. The maximum atomic E-state index is 14.6. The van der Waals surface area contributed by atoms with E-state index in [4.69, 9.17) is 9.94 Å². The molecule has 0 unspecified atom stereocenters. The van der Waals surface area contributed by atoms with Crippen LogP contribution in [0.25, 0.3) is 0 Å². The van der Waals surface area contributed by atoms with Gasteiger partial charge in [-0.05, 0) is 49.3 Å². The molecule has 0 radical (unpaired) electrons. The molecule has 0 spiro atoms. The van der Waals surface area contributed by atoms with Gasteiger partial charge in [-0.15, -0.1) is 0 Å². The number of hydrogen-bond donors (Lipinski definition) is 2. The van der Waals surface area contributed by atoms with Gasteiger partial charge >= 0.3 is 6.09 Å². The Labute approximate surface area is 150 Å². The molecule has 1 heterocycles. The number of rotatable bonds is 4. The van der Waals surface area contributed by atoms with Gasteiger partial charge in [-0.2, -0.15) is 0 Å². The Morgan fingerprint density at radius 3 is 2.77 bits per heavy atom. The van der Waals surface area contributed by atoms with E-state index >= 15 is 0 Å². The maximum absolute atomic E-state index is 14.6. The van der Waals surface area contributed by atoms with Gasteiger partial charge in [0.25, 0.3) is 0 Å². The third-order valence-corrected chi connectivity index (χ3v) is 4.89. The number of nitrogens with one attached hydrogen (secondary N) is 1. The average molecular weight is 363 g/mol. The van der Waals surface area contributed by atoms with Crippen molar-refractivity contribution < 1.29 is 23.9 Å². The highest BCUT2D eigenvalue weighted by Crippen LogP contribution is 2.35. The van der Waals surface area contributed by atoms with Crippen LogP contribution in [0.5, 0.6) is 0 Å². The number of halogens is 1. The highest BCUT2D eigenvalue weighted by molar-refractivity contribution is 5.90. The number of benzene rings is 1. The van der Waals surface area contributed by atoms with E-state index in [2.05, 4.69) is 10.5 Å². The fourth-order valence-electron chi connectivity index (χ4n) is 3.47. The largest absolute Gasteiger partial charge is 0.442 e. The fraction of sp³-hybridized carbons (Fsp3) is 0.500. The third kappa shape index (κ3) is 3.95.